The quantitative estimate of drug-likeness (QED) is 0.678. The lowest BCUT2D eigenvalue weighted by Gasteiger charge is -2.10. The smallest absolute Gasteiger partial charge is 0.308 e. The van der Waals surface area contributed by atoms with E-state index in [-0.39, 0.29) is 5.91 Å². The number of nitrogens with one attached hydrogen (secondary N) is 1. The average molecular weight is 315 g/mol. The summed E-state index contributed by atoms with van der Waals surface area (Å²) < 4.78 is 15.3. The van der Waals surface area contributed by atoms with Gasteiger partial charge in [-0.1, -0.05) is 0 Å². The zero-order chi connectivity index (χ0) is 16.8. The van der Waals surface area contributed by atoms with E-state index in [1.165, 1.54) is 14.0 Å². The standard InChI is InChI=1S/C17H17NO5/c1-11(19)23-14-7-4-12(5-8-14)17(20)18-13-6-9-15(21-2)16(10-13)22-3/h4-10H,1-3H3,(H,18,20). The molecule has 0 fully saturated rings. The summed E-state index contributed by atoms with van der Waals surface area (Å²) in [5.74, 6) is 0.797. The number of rotatable bonds is 5. The Morgan fingerprint density at radius 3 is 2.13 bits per heavy atom. The Morgan fingerprint density at radius 1 is 0.913 bits per heavy atom. The first-order valence-electron chi connectivity index (χ1n) is 6.85. The molecule has 2 aromatic carbocycles. The van der Waals surface area contributed by atoms with E-state index in [9.17, 15) is 9.59 Å². The minimum atomic E-state index is -0.410. The van der Waals surface area contributed by atoms with Crippen molar-refractivity contribution in [2.24, 2.45) is 0 Å². The zero-order valence-electron chi connectivity index (χ0n) is 13.1. The normalized spacial score (nSPS) is 9.87. The molecule has 0 aliphatic heterocycles. The molecule has 0 spiro atoms. The largest absolute Gasteiger partial charge is 0.493 e. The fourth-order valence-electron chi connectivity index (χ4n) is 1.96. The van der Waals surface area contributed by atoms with Crippen LogP contribution in [0.1, 0.15) is 17.3 Å². The number of anilines is 1. The lowest BCUT2D eigenvalue weighted by molar-refractivity contribution is -0.131. The van der Waals surface area contributed by atoms with Gasteiger partial charge < -0.3 is 19.5 Å². The molecule has 1 N–H and O–H groups in total. The molecule has 6 heteroatoms. The van der Waals surface area contributed by atoms with Gasteiger partial charge in [-0.25, -0.2) is 0 Å². The van der Waals surface area contributed by atoms with Gasteiger partial charge in [0.15, 0.2) is 11.5 Å². The monoisotopic (exact) mass is 315 g/mol. The van der Waals surface area contributed by atoms with Crippen LogP contribution in [0.15, 0.2) is 42.5 Å². The molecule has 0 aromatic heterocycles. The topological polar surface area (TPSA) is 73.9 Å². The van der Waals surface area contributed by atoms with Gasteiger partial charge in [-0.15, -0.1) is 0 Å². The molecular weight excluding hydrogens is 298 g/mol. The van der Waals surface area contributed by atoms with Crippen LogP contribution in [0, 0.1) is 0 Å². The summed E-state index contributed by atoms with van der Waals surface area (Å²) in [6.07, 6.45) is 0. The molecule has 0 bridgehead atoms. The Morgan fingerprint density at radius 2 is 1.57 bits per heavy atom. The van der Waals surface area contributed by atoms with Crippen LogP contribution in [0.25, 0.3) is 0 Å². The SMILES string of the molecule is COc1ccc(NC(=O)c2ccc(OC(C)=O)cc2)cc1OC. The summed E-state index contributed by atoms with van der Waals surface area (Å²) in [5, 5.41) is 2.76. The molecule has 0 radical (unpaired) electrons. The minimum Gasteiger partial charge on any atom is -0.493 e. The number of carbonyl (C=O) groups excluding carboxylic acids is 2. The first-order chi connectivity index (χ1) is 11.0. The van der Waals surface area contributed by atoms with Crippen LogP contribution in [0.4, 0.5) is 5.69 Å². The molecule has 0 atom stereocenters. The molecule has 0 saturated carbocycles. The first-order valence-corrected chi connectivity index (χ1v) is 6.85. The van der Waals surface area contributed by atoms with E-state index in [4.69, 9.17) is 14.2 Å². The van der Waals surface area contributed by atoms with Crippen LogP contribution in [-0.2, 0) is 4.79 Å². The second-order valence-electron chi connectivity index (χ2n) is 4.64. The number of methoxy groups -OCH3 is 2. The number of amides is 1. The Hall–Kier alpha value is -3.02. The first kappa shape index (κ1) is 16.4. The highest BCUT2D eigenvalue weighted by molar-refractivity contribution is 6.04. The molecule has 0 aliphatic rings. The maximum Gasteiger partial charge on any atom is 0.308 e. The molecule has 0 saturated heterocycles. The third-order valence-electron chi connectivity index (χ3n) is 3.02. The molecule has 2 aromatic rings. The predicted molar refractivity (Wildman–Crippen MR) is 85.3 cm³/mol. The van der Waals surface area contributed by atoms with Crippen molar-refractivity contribution in [3.63, 3.8) is 0 Å². The van der Waals surface area contributed by atoms with Crippen molar-refractivity contribution in [3.8, 4) is 17.2 Å². The highest BCUT2D eigenvalue weighted by Gasteiger charge is 2.09. The maximum atomic E-state index is 12.2. The Balaban J connectivity index is 2.11. The maximum absolute atomic E-state index is 12.2. The summed E-state index contributed by atoms with van der Waals surface area (Å²) in [7, 11) is 3.07. The molecule has 0 heterocycles. The highest BCUT2D eigenvalue weighted by atomic mass is 16.5. The zero-order valence-corrected chi connectivity index (χ0v) is 13.1. The van der Waals surface area contributed by atoms with E-state index in [0.717, 1.165) is 0 Å². The van der Waals surface area contributed by atoms with Crippen molar-refractivity contribution >= 4 is 17.6 Å². The van der Waals surface area contributed by atoms with E-state index in [1.54, 1.807) is 49.6 Å². The van der Waals surface area contributed by atoms with Crippen LogP contribution >= 0.6 is 0 Å². The third kappa shape index (κ3) is 4.23. The summed E-state index contributed by atoms with van der Waals surface area (Å²) >= 11 is 0. The minimum absolute atomic E-state index is 0.286. The van der Waals surface area contributed by atoms with Crippen molar-refractivity contribution in [2.75, 3.05) is 19.5 Å². The summed E-state index contributed by atoms with van der Waals surface area (Å²) in [5.41, 5.74) is 1.02. The van der Waals surface area contributed by atoms with Gasteiger partial charge >= 0.3 is 5.97 Å². The summed E-state index contributed by atoms with van der Waals surface area (Å²) in [4.78, 5) is 23.1. The number of hydrogen-bond acceptors (Lipinski definition) is 5. The Kier molecular flexibility index (Phi) is 5.19. The second kappa shape index (κ2) is 7.31. The molecule has 0 unspecified atom stereocenters. The van der Waals surface area contributed by atoms with Crippen LogP contribution < -0.4 is 19.5 Å². The van der Waals surface area contributed by atoms with Crippen LogP contribution in [0.3, 0.4) is 0 Å². The average Bonchev–Trinajstić information content (AvgIpc) is 2.54. The Bertz CT molecular complexity index is 709. The molecule has 0 aliphatic carbocycles. The summed E-state index contributed by atoms with van der Waals surface area (Å²) in [6.45, 7) is 1.32. The fraction of sp³-hybridized carbons (Fsp3) is 0.176. The molecular formula is C17H17NO5. The molecule has 23 heavy (non-hydrogen) atoms. The van der Waals surface area contributed by atoms with E-state index >= 15 is 0 Å². The number of esters is 1. The van der Waals surface area contributed by atoms with E-state index in [0.29, 0.717) is 28.5 Å². The molecule has 1 amide bonds. The van der Waals surface area contributed by atoms with Crippen molar-refractivity contribution in [3.05, 3.63) is 48.0 Å². The molecule has 120 valence electrons. The van der Waals surface area contributed by atoms with Gasteiger partial charge in [-0.2, -0.15) is 0 Å². The van der Waals surface area contributed by atoms with Gasteiger partial charge in [0.25, 0.3) is 5.91 Å². The number of benzene rings is 2. The van der Waals surface area contributed by atoms with Gasteiger partial charge in [0.05, 0.1) is 14.2 Å². The predicted octanol–water partition coefficient (Wildman–Crippen LogP) is 2.88. The van der Waals surface area contributed by atoms with Crippen LogP contribution in [0.2, 0.25) is 0 Å². The van der Waals surface area contributed by atoms with Gasteiger partial charge in [0.2, 0.25) is 0 Å². The van der Waals surface area contributed by atoms with E-state index < -0.39 is 5.97 Å². The number of carbonyl (C=O) groups is 2. The van der Waals surface area contributed by atoms with Gasteiger partial charge in [0, 0.05) is 24.2 Å². The van der Waals surface area contributed by atoms with E-state index in [1.807, 2.05) is 0 Å². The number of hydrogen-bond donors (Lipinski definition) is 1. The highest BCUT2D eigenvalue weighted by Crippen LogP contribution is 2.29. The number of ether oxygens (including phenoxy) is 3. The van der Waals surface area contributed by atoms with Crippen LogP contribution in [0.5, 0.6) is 17.2 Å². The van der Waals surface area contributed by atoms with Crippen molar-refractivity contribution in [1.82, 2.24) is 0 Å². The van der Waals surface area contributed by atoms with Crippen molar-refractivity contribution in [2.45, 2.75) is 6.92 Å². The fourth-order valence-corrected chi connectivity index (χ4v) is 1.96. The summed E-state index contributed by atoms with van der Waals surface area (Å²) in [6, 6.07) is 11.4. The van der Waals surface area contributed by atoms with Crippen LogP contribution in [-0.4, -0.2) is 26.1 Å². The van der Waals surface area contributed by atoms with Gasteiger partial charge in [-0.05, 0) is 36.4 Å². The van der Waals surface area contributed by atoms with Crippen molar-refractivity contribution < 1.29 is 23.8 Å². The molecule has 6 nitrogen and oxygen atoms in total. The van der Waals surface area contributed by atoms with Crippen molar-refractivity contribution in [1.29, 1.82) is 0 Å². The van der Waals surface area contributed by atoms with Gasteiger partial charge in [-0.3, -0.25) is 9.59 Å². The van der Waals surface area contributed by atoms with Gasteiger partial charge in [0.1, 0.15) is 5.75 Å². The second-order valence-corrected chi connectivity index (χ2v) is 4.64. The third-order valence-corrected chi connectivity index (χ3v) is 3.02. The molecule has 2 rings (SSSR count). The Labute approximate surface area is 134 Å². The van der Waals surface area contributed by atoms with E-state index in [2.05, 4.69) is 5.32 Å². The lowest BCUT2D eigenvalue weighted by Crippen LogP contribution is -2.12. The lowest BCUT2D eigenvalue weighted by atomic mass is 10.2.